The monoisotopic (exact) mass is 386 g/mol. The van der Waals surface area contributed by atoms with Crippen LogP contribution in [0.1, 0.15) is 21.8 Å². The quantitative estimate of drug-likeness (QED) is 0.367. The van der Waals surface area contributed by atoms with Gasteiger partial charge >= 0.3 is 0 Å². The number of anilines is 1. The van der Waals surface area contributed by atoms with Crippen LogP contribution in [0.2, 0.25) is 0 Å². The van der Waals surface area contributed by atoms with Crippen LogP contribution in [0.5, 0.6) is 0 Å². The van der Waals surface area contributed by atoms with Gasteiger partial charge in [-0.1, -0.05) is 11.3 Å². The van der Waals surface area contributed by atoms with Crippen molar-refractivity contribution in [3.05, 3.63) is 10.6 Å². The minimum absolute atomic E-state index is 0.230. The fourth-order valence-electron chi connectivity index (χ4n) is 2.29. The molecule has 0 aliphatic carbocycles. The number of aromatic nitrogens is 1. The summed E-state index contributed by atoms with van der Waals surface area (Å²) in [6.45, 7) is 6.55. The number of morpholine rings is 1. The van der Waals surface area contributed by atoms with Gasteiger partial charge in [-0.25, -0.2) is 4.98 Å². The average molecular weight is 387 g/mol. The van der Waals surface area contributed by atoms with Crippen molar-refractivity contribution in [2.24, 2.45) is 0 Å². The number of carbonyl (C=O) groups excluding carboxylic acids is 1. The maximum Gasteiger partial charge on any atom is 0.281 e. The molecule has 2 rings (SSSR count). The van der Waals surface area contributed by atoms with Gasteiger partial charge in [-0.15, -0.1) is 0 Å². The zero-order valence-corrected chi connectivity index (χ0v) is 16.6. The molecule has 140 valence electrons. The summed E-state index contributed by atoms with van der Waals surface area (Å²) in [6.07, 6.45) is 0.972. The highest BCUT2D eigenvalue weighted by Crippen LogP contribution is 2.26. The molecule has 0 atom stereocenters. The number of nitrogens with one attached hydrogen (secondary N) is 3. The van der Waals surface area contributed by atoms with E-state index in [9.17, 15) is 4.79 Å². The first-order valence-corrected chi connectivity index (χ1v) is 9.49. The van der Waals surface area contributed by atoms with Gasteiger partial charge in [-0.3, -0.25) is 15.6 Å². The van der Waals surface area contributed by atoms with Crippen LogP contribution in [0.15, 0.2) is 0 Å². The Bertz CT molecular complexity index is 587. The molecule has 3 N–H and O–H groups in total. The highest BCUT2D eigenvalue weighted by atomic mass is 32.1. The predicted molar refractivity (Wildman–Crippen MR) is 104 cm³/mol. The van der Waals surface area contributed by atoms with Crippen LogP contribution in [-0.4, -0.2) is 74.4 Å². The smallest absolute Gasteiger partial charge is 0.281 e. The number of hydrogen-bond donors (Lipinski definition) is 3. The third-order valence-electron chi connectivity index (χ3n) is 3.63. The van der Waals surface area contributed by atoms with Crippen LogP contribution in [-0.2, 0) is 4.74 Å². The van der Waals surface area contributed by atoms with E-state index in [-0.39, 0.29) is 5.91 Å². The zero-order valence-electron chi connectivity index (χ0n) is 14.9. The molecule has 1 amide bonds. The normalized spacial score (nSPS) is 14.5. The molecule has 8 nitrogen and oxygen atoms in total. The third-order valence-corrected chi connectivity index (χ3v) is 5.09. The summed E-state index contributed by atoms with van der Waals surface area (Å²) in [7, 11) is 4.05. The first-order valence-electron chi connectivity index (χ1n) is 8.26. The van der Waals surface area contributed by atoms with E-state index >= 15 is 0 Å². The van der Waals surface area contributed by atoms with Gasteiger partial charge in [0.15, 0.2) is 10.2 Å². The van der Waals surface area contributed by atoms with E-state index in [2.05, 4.69) is 31.0 Å². The van der Waals surface area contributed by atoms with Gasteiger partial charge in [-0.2, -0.15) is 0 Å². The van der Waals surface area contributed by atoms with Gasteiger partial charge in [0.05, 0.1) is 18.9 Å². The Morgan fingerprint density at radius 3 is 2.76 bits per heavy atom. The standard InChI is InChI=1S/C15H26N6O2S2/c1-11-12(25-15(17-11)21-7-9-23-10-8-21)13(22)18-19-14(24)16-5-4-6-20(2)3/h4-10H2,1-3H3,(H,18,22)(H2,16,19,24). The van der Waals surface area contributed by atoms with Crippen molar-refractivity contribution in [3.63, 3.8) is 0 Å². The van der Waals surface area contributed by atoms with Crippen molar-refractivity contribution < 1.29 is 9.53 Å². The Hall–Kier alpha value is -1.49. The molecule has 1 aromatic heterocycles. The molecule has 0 bridgehead atoms. The number of thiazole rings is 1. The van der Waals surface area contributed by atoms with E-state index in [1.54, 1.807) is 0 Å². The lowest BCUT2D eigenvalue weighted by atomic mass is 10.4. The Morgan fingerprint density at radius 1 is 1.36 bits per heavy atom. The number of aryl methyl sites for hydroxylation is 1. The summed E-state index contributed by atoms with van der Waals surface area (Å²) in [4.78, 5) is 21.7. The number of rotatable bonds is 6. The van der Waals surface area contributed by atoms with Crippen molar-refractivity contribution in [2.45, 2.75) is 13.3 Å². The zero-order chi connectivity index (χ0) is 18.2. The van der Waals surface area contributed by atoms with Crippen LogP contribution >= 0.6 is 23.6 Å². The Balaban J connectivity index is 1.78. The van der Waals surface area contributed by atoms with Gasteiger partial charge in [0, 0.05) is 19.6 Å². The molecule has 0 radical (unpaired) electrons. The van der Waals surface area contributed by atoms with E-state index in [1.807, 2.05) is 21.0 Å². The van der Waals surface area contributed by atoms with E-state index in [1.165, 1.54) is 11.3 Å². The van der Waals surface area contributed by atoms with Crippen LogP contribution in [0.25, 0.3) is 0 Å². The molecule has 0 aromatic carbocycles. The van der Waals surface area contributed by atoms with E-state index in [0.717, 1.165) is 43.4 Å². The van der Waals surface area contributed by atoms with E-state index in [4.69, 9.17) is 17.0 Å². The molecular weight excluding hydrogens is 360 g/mol. The maximum absolute atomic E-state index is 12.3. The average Bonchev–Trinajstić information content (AvgIpc) is 2.99. The molecular formula is C15H26N6O2S2. The number of nitrogens with zero attached hydrogens (tertiary/aromatic N) is 3. The van der Waals surface area contributed by atoms with Gasteiger partial charge in [-0.05, 0) is 46.2 Å². The SMILES string of the molecule is Cc1nc(N2CCOCC2)sc1C(=O)NNC(=S)NCCCN(C)C. The van der Waals surface area contributed by atoms with Crippen molar-refractivity contribution in [3.8, 4) is 0 Å². The lowest BCUT2D eigenvalue weighted by Gasteiger charge is -2.25. The van der Waals surface area contributed by atoms with Crippen LogP contribution < -0.4 is 21.1 Å². The predicted octanol–water partition coefficient (Wildman–Crippen LogP) is 0.349. The maximum atomic E-state index is 12.3. The van der Waals surface area contributed by atoms with Crippen molar-refractivity contribution in [1.29, 1.82) is 0 Å². The number of amides is 1. The summed E-state index contributed by atoms with van der Waals surface area (Å²) in [5.41, 5.74) is 6.09. The summed E-state index contributed by atoms with van der Waals surface area (Å²) in [6, 6.07) is 0. The van der Waals surface area contributed by atoms with Crippen molar-refractivity contribution >= 4 is 39.7 Å². The van der Waals surface area contributed by atoms with Gasteiger partial charge < -0.3 is 19.9 Å². The van der Waals surface area contributed by atoms with Gasteiger partial charge in [0.1, 0.15) is 4.88 Å². The fraction of sp³-hybridized carbons (Fsp3) is 0.667. The number of carbonyl (C=O) groups is 1. The van der Waals surface area contributed by atoms with E-state index < -0.39 is 0 Å². The first kappa shape index (κ1) is 19.8. The highest BCUT2D eigenvalue weighted by Gasteiger charge is 2.20. The Morgan fingerprint density at radius 2 is 2.08 bits per heavy atom. The minimum atomic E-state index is -0.230. The first-order chi connectivity index (χ1) is 12.0. The molecule has 1 fully saturated rings. The topological polar surface area (TPSA) is 81.8 Å². The van der Waals surface area contributed by atoms with Crippen LogP contribution in [0.4, 0.5) is 5.13 Å². The third kappa shape index (κ3) is 6.38. The summed E-state index contributed by atoms with van der Waals surface area (Å²) in [5.74, 6) is -0.230. The molecule has 1 aliphatic heterocycles. The van der Waals surface area contributed by atoms with Crippen LogP contribution in [0.3, 0.4) is 0 Å². The van der Waals surface area contributed by atoms with E-state index in [0.29, 0.717) is 23.2 Å². The summed E-state index contributed by atoms with van der Waals surface area (Å²) >= 11 is 6.55. The minimum Gasteiger partial charge on any atom is -0.378 e. The molecule has 2 heterocycles. The Kier molecular flexibility index (Phi) is 7.82. The Labute approximate surface area is 157 Å². The van der Waals surface area contributed by atoms with Gasteiger partial charge in [0.25, 0.3) is 5.91 Å². The molecule has 0 unspecified atom stereocenters. The molecule has 25 heavy (non-hydrogen) atoms. The highest BCUT2D eigenvalue weighted by molar-refractivity contribution is 7.80. The largest absolute Gasteiger partial charge is 0.378 e. The van der Waals surface area contributed by atoms with Gasteiger partial charge in [0.2, 0.25) is 0 Å². The molecule has 1 aliphatic rings. The molecule has 0 spiro atoms. The summed E-state index contributed by atoms with van der Waals surface area (Å²) in [5, 5.41) is 4.32. The molecule has 0 saturated carbocycles. The molecule has 10 heteroatoms. The molecule has 1 aromatic rings. The second-order valence-corrected chi connectivity index (χ2v) is 7.39. The second-order valence-electron chi connectivity index (χ2n) is 6.00. The number of hydrazine groups is 1. The lowest BCUT2D eigenvalue weighted by molar-refractivity contribution is 0.0947. The van der Waals surface area contributed by atoms with Crippen molar-refractivity contribution in [1.82, 2.24) is 26.1 Å². The van der Waals surface area contributed by atoms with Crippen LogP contribution in [0, 0.1) is 6.92 Å². The van der Waals surface area contributed by atoms with Crippen molar-refractivity contribution in [2.75, 3.05) is 58.4 Å². The number of hydrogen-bond acceptors (Lipinski definition) is 7. The summed E-state index contributed by atoms with van der Waals surface area (Å²) < 4.78 is 5.35. The number of ether oxygens (including phenoxy) is 1. The number of thiocarbonyl (C=S) groups is 1. The lowest BCUT2D eigenvalue weighted by Crippen LogP contribution is -2.47. The second kappa shape index (κ2) is 9.85. The molecule has 1 saturated heterocycles. The fourth-order valence-corrected chi connectivity index (χ4v) is 3.46.